The summed E-state index contributed by atoms with van der Waals surface area (Å²) >= 11 is 0. The minimum Gasteiger partial charge on any atom is -0.103 e. The van der Waals surface area contributed by atoms with E-state index in [-0.39, 0.29) is 0 Å². The highest BCUT2D eigenvalue weighted by Gasteiger charge is 1.90. The second-order valence-corrected chi connectivity index (χ2v) is 2.88. The molecule has 0 aromatic heterocycles. The molecule has 0 bridgehead atoms. The van der Waals surface area contributed by atoms with Gasteiger partial charge in [-0.05, 0) is 6.42 Å². The van der Waals surface area contributed by atoms with Crippen molar-refractivity contribution in [1.29, 1.82) is 0 Å². The van der Waals surface area contributed by atoms with Crippen molar-refractivity contribution >= 4 is 0 Å². The number of hydrogen-bond donors (Lipinski definition) is 0. The van der Waals surface area contributed by atoms with Gasteiger partial charge in [-0.2, -0.15) is 0 Å². The Hall–Kier alpha value is -0.880. The maximum Gasteiger partial charge on any atom is 0.0283 e. The van der Waals surface area contributed by atoms with Crippen LogP contribution in [0.3, 0.4) is 0 Å². The molecule has 0 aliphatic rings. The largest absolute Gasteiger partial charge is 0.103 e. The van der Waals surface area contributed by atoms with Crippen molar-refractivity contribution in [2.24, 2.45) is 5.92 Å². The molecule has 0 nitrogen and oxygen atoms in total. The lowest BCUT2D eigenvalue weighted by molar-refractivity contribution is 0.786. The average Bonchev–Trinajstić information content (AvgIpc) is 2.09. The van der Waals surface area contributed by atoms with E-state index in [4.69, 9.17) is 0 Å². The van der Waals surface area contributed by atoms with Gasteiger partial charge in [0.15, 0.2) is 0 Å². The first kappa shape index (κ1) is 11.1. The molecule has 0 aromatic rings. The van der Waals surface area contributed by atoms with Crippen LogP contribution in [0.5, 0.6) is 0 Å². The van der Waals surface area contributed by atoms with E-state index in [0.717, 1.165) is 25.7 Å². The number of rotatable bonds is 2. The Balaban J connectivity index is 3.58. The minimum atomic E-state index is 0.439. The predicted octanol–water partition coefficient (Wildman–Crippen LogP) is 3.23. The van der Waals surface area contributed by atoms with Gasteiger partial charge in [0.25, 0.3) is 0 Å². The third-order valence-corrected chi connectivity index (χ3v) is 1.43. The summed E-state index contributed by atoms with van der Waals surface area (Å²) in [5.74, 6) is 12.9. The first-order chi connectivity index (χ1) is 5.81. The molecule has 1 atom stereocenters. The molecule has 0 amide bonds. The van der Waals surface area contributed by atoms with Gasteiger partial charge < -0.3 is 0 Å². The summed E-state index contributed by atoms with van der Waals surface area (Å²) in [5.41, 5.74) is 0. The Labute approximate surface area is 76.8 Å². The molecule has 0 fully saturated rings. The zero-order valence-electron chi connectivity index (χ0n) is 8.41. The molecule has 0 saturated heterocycles. The van der Waals surface area contributed by atoms with Crippen LogP contribution in [0, 0.1) is 29.6 Å². The van der Waals surface area contributed by atoms with Crippen molar-refractivity contribution in [3.63, 3.8) is 0 Å². The molecule has 0 aliphatic heterocycles. The van der Waals surface area contributed by atoms with Crippen LogP contribution in [0.15, 0.2) is 0 Å². The van der Waals surface area contributed by atoms with E-state index in [1.807, 2.05) is 0 Å². The molecular weight excluding hydrogens is 144 g/mol. The normalized spacial score (nSPS) is 10.6. The van der Waals surface area contributed by atoms with Gasteiger partial charge in [-0.15, -0.1) is 17.8 Å². The van der Waals surface area contributed by atoms with Crippen LogP contribution in [-0.2, 0) is 0 Å². The molecule has 0 rings (SSSR count). The molecule has 12 heavy (non-hydrogen) atoms. The highest BCUT2D eigenvalue weighted by atomic mass is 13.9. The smallest absolute Gasteiger partial charge is 0.0283 e. The molecule has 0 heterocycles. The second kappa shape index (κ2) is 8.22. The Kier molecular flexibility index (Phi) is 7.62. The Morgan fingerprint density at radius 2 is 1.83 bits per heavy atom. The first-order valence-corrected chi connectivity index (χ1v) is 4.75. The maximum absolute atomic E-state index is 3.16. The fourth-order valence-corrected chi connectivity index (χ4v) is 0.766. The van der Waals surface area contributed by atoms with Crippen molar-refractivity contribution < 1.29 is 0 Å². The number of hydrogen-bond acceptors (Lipinski definition) is 0. The van der Waals surface area contributed by atoms with E-state index in [0.29, 0.717) is 5.92 Å². The molecule has 1 unspecified atom stereocenters. The van der Waals surface area contributed by atoms with E-state index < -0.39 is 0 Å². The molecule has 0 aliphatic carbocycles. The summed E-state index contributed by atoms with van der Waals surface area (Å²) in [4.78, 5) is 0. The molecule has 0 N–H and O–H groups in total. The SMILES string of the molecule is CCC#CC(C)CC#CCCC. The van der Waals surface area contributed by atoms with Gasteiger partial charge in [-0.3, -0.25) is 0 Å². The van der Waals surface area contributed by atoms with E-state index in [2.05, 4.69) is 44.5 Å². The van der Waals surface area contributed by atoms with Gasteiger partial charge >= 0.3 is 0 Å². The van der Waals surface area contributed by atoms with Crippen LogP contribution in [-0.4, -0.2) is 0 Å². The molecule has 0 spiro atoms. The van der Waals surface area contributed by atoms with Crippen LogP contribution < -0.4 is 0 Å². The van der Waals surface area contributed by atoms with Gasteiger partial charge in [0.05, 0.1) is 0 Å². The zero-order valence-corrected chi connectivity index (χ0v) is 8.41. The lowest BCUT2D eigenvalue weighted by atomic mass is 10.1. The highest BCUT2D eigenvalue weighted by Crippen LogP contribution is 1.97. The van der Waals surface area contributed by atoms with Gasteiger partial charge in [0.2, 0.25) is 0 Å². The quantitative estimate of drug-likeness (QED) is 0.547. The lowest BCUT2D eigenvalue weighted by Crippen LogP contribution is -1.86. The third kappa shape index (κ3) is 7.23. The molecule has 66 valence electrons. The summed E-state index contributed by atoms with van der Waals surface area (Å²) in [6, 6.07) is 0. The molecule has 0 saturated carbocycles. The zero-order chi connectivity index (χ0) is 9.23. The van der Waals surface area contributed by atoms with Gasteiger partial charge in [-0.25, -0.2) is 0 Å². The highest BCUT2D eigenvalue weighted by molar-refractivity contribution is 5.08. The van der Waals surface area contributed by atoms with Crippen LogP contribution in [0.1, 0.15) is 46.5 Å². The summed E-state index contributed by atoms with van der Waals surface area (Å²) < 4.78 is 0. The summed E-state index contributed by atoms with van der Waals surface area (Å²) in [7, 11) is 0. The van der Waals surface area contributed by atoms with Gasteiger partial charge in [0, 0.05) is 25.2 Å². The van der Waals surface area contributed by atoms with Gasteiger partial charge in [0.1, 0.15) is 0 Å². The number of unbranched alkanes of at least 4 members (excludes halogenated alkanes) is 1. The van der Waals surface area contributed by atoms with Crippen molar-refractivity contribution in [3.8, 4) is 23.7 Å². The van der Waals surface area contributed by atoms with E-state index in [1.165, 1.54) is 0 Å². The standard InChI is InChI=1S/C12H18/c1-4-6-8-9-11-12(3)10-7-5-2/h12H,4-6,11H2,1-3H3. The van der Waals surface area contributed by atoms with Gasteiger partial charge in [-0.1, -0.05) is 26.7 Å². The third-order valence-electron chi connectivity index (χ3n) is 1.43. The van der Waals surface area contributed by atoms with E-state index >= 15 is 0 Å². The average molecular weight is 162 g/mol. The van der Waals surface area contributed by atoms with Crippen LogP contribution >= 0.6 is 0 Å². The summed E-state index contributed by atoms with van der Waals surface area (Å²) in [6.07, 6.45) is 4.05. The lowest BCUT2D eigenvalue weighted by Gasteiger charge is -1.93. The predicted molar refractivity (Wildman–Crippen MR) is 54.5 cm³/mol. The molecule has 0 heteroatoms. The summed E-state index contributed by atoms with van der Waals surface area (Å²) in [5, 5.41) is 0. The Bertz CT molecular complexity index is 204. The topological polar surface area (TPSA) is 0 Å². The Morgan fingerprint density at radius 1 is 1.08 bits per heavy atom. The van der Waals surface area contributed by atoms with E-state index in [9.17, 15) is 0 Å². The van der Waals surface area contributed by atoms with E-state index in [1.54, 1.807) is 0 Å². The van der Waals surface area contributed by atoms with Crippen LogP contribution in [0.25, 0.3) is 0 Å². The van der Waals surface area contributed by atoms with Crippen molar-refractivity contribution in [3.05, 3.63) is 0 Å². The fraction of sp³-hybridized carbons (Fsp3) is 0.667. The van der Waals surface area contributed by atoms with Crippen molar-refractivity contribution in [2.45, 2.75) is 46.5 Å². The molecule has 0 radical (unpaired) electrons. The monoisotopic (exact) mass is 162 g/mol. The summed E-state index contributed by atoms with van der Waals surface area (Å²) in [6.45, 7) is 6.35. The Morgan fingerprint density at radius 3 is 2.42 bits per heavy atom. The molecular formula is C12H18. The first-order valence-electron chi connectivity index (χ1n) is 4.75. The van der Waals surface area contributed by atoms with Crippen molar-refractivity contribution in [1.82, 2.24) is 0 Å². The van der Waals surface area contributed by atoms with Crippen LogP contribution in [0.4, 0.5) is 0 Å². The second-order valence-electron chi connectivity index (χ2n) is 2.88. The fourth-order valence-electron chi connectivity index (χ4n) is 0.766. The minimum absolute atomic E-state index is 0.439. The van der Waals surface area contributed by atoms with Crippen molar-refractivity contribution in [2.75, 3.05) is 0 Å². The molecule has 0 aromatic carbocycles. The van der Waals surface area contributed by atoms with Crippen LogP contribution in [0.2, 0.25) is 0 Å². The maximum atomic E-state index is 3.16.